The summed E-state index contributed by atoms with van der Waals surface area (Å²) in [7, 11) is -10.6. The van der Waals surface area contributed by atoms with Crippen molar-refractivity contribution in [3.63, 3.8) is 0 Å². The third-order valence-corrected chi connectivity index (χ3v) is 7.31. The van der Waals surface area contributed by atoms with Crippen molar-refractivity contribution < 1.29 is 73.4 Å². The maximum absolute atomic E-state index is 11.8. The summed E-state index contributed by atoms with van der Waals surface area (Å²) in [4.78, 5) is 23.1. The fourth-order valence-electron chi connectivity index (χ4n) is 4.47. The van der Waals surface area contributed by atoms with Gasteiger partial charge in [0.1, 0.15) is 23.9 Å². The molecule has 39 heavy (non-hydrogen) atoms. The summed E-state index contributed by atoms with van der Waals surface area (Å²) in [5, 5.41) is 35.4. The average molecular weight is 605 g/mol. The maximum atomic E-state index is 11.8. The zero-order chi connectivity index (χ0) is 30.2. The van der Waals surface area contributed by atoms with Crippen LogP contribution in [0.4, 0.5) is 0 Å². The molecule has 0 spiro atoms. The van der Waals surface area contributed by atoms with E-state index in [4.69, 9.17) is 14.2 Å². The van der Waals surface area contributed by atoms with Gasteiger partial charge in [-0.3, -0.25) is 13.2 Å². The van der Waals surface area contributed by atoms with E-state index in [2.05, 4.69) is 13.7 Å². The second kappa shape index (κ2) is 11.5. The van der Waals surface area contributed by atoms with Crippen molar-refractivity contribution in [3.05, 3.63) is 11.8 Å². The van der Waals surface area contributed by atoms with Gasteiger partial charge in [0.15, 0.2) is 5.60 Å². The van der Waals surface area contributed by atoms with E-state index in [1.165, 1.54) is 27.7 Å². The molecule has 0 aliphatic carbocycles. The topological polar surface area (TPSA) is 270 Å². The number of amides is 1. The number of nitrogens with one attached hydrogen (secondary N) is 1. The van der Waals surface area contributed by atoms with E-state index in [-0.39, 0.29) is 0 Å². The highest BCUT2D eigenvalue weighted by Crippen LogP contribution is 2.42. The fraction of sp³-hybridized carbons (Fsp3) is 0.800. The van der Waals surface area contributed by atoms with E-state index in [1.54, 1.807) is 0 Å². The van der Waals surface area contributed by atoms with E-state index in [0.29, 0.717) is 6.08 Å². The smallest absolute Gasteiger partial charge is 0.218 e. The average Bonchev–Trinajstić information content (AvgIpc) is 2.74. The minimum Gasteiger partial charge on any atom is -0.726 e. The third-order valence-electron chi connectivity index (χ3n) is 6.45. The first-order chi connectivity index (χ1) is 17.5. The SMILES string of the molecule is CC(=O)NC1[C@H](O)[C@](C)(COC[C@@]2(C)OC(C(=O)[O-])=C[C@@H](O)C2OS(=O)(=O)[O-])C(COS(=O)(=O)[O-])OC1(C)C. The van der Waals surface area contributed by atoms with Gasteiger partial charge in [0, 0.05) is 12.3 Å². The van der Waals surface area contributed by atoms with Crippen molar-refractivity contribution in [1.82, 2.24) is 5.32 Å². The van der Waals surface area contributed by atoms with E-state index < -0.39 is 105 Å². The summed E-state index contributed by atoms with van der Waals surface area (Å²) in [6.07, 6.45) is -6.29. The van der Waals surface area contributed by atoms with E-state index in [1.807, 2.05) is 0 Å². The Hall–Kier alpha value is -1.94. The van der Waals surface area contributed by atoms with Gasteiger partial charge in [-0.05, 0) is 26.8 Å². The Labute approximate surface area is 224 Å². The standard InChI is InChI=1S/C20H33NO16S2/c1-10(22)21-14-15(24)19(4,13(36-18(14,2)3)7-34-38(27,28)29)8-33-9-20(5)16(37-39(30,31)32)11(23)6-12(35-20)17(25)26/h6,11,13-16,23-24H,7-9H2,1-5H3,(H,21,22)(H,25,26)(H,27,28,29)(H,30,31,32)/p-3/t11-,13?,14?,15+,16?,19-,20-/m1/s1. The lowest BCUT2D eigenvalue weighted by Crippen LogP contribution is -2.71. The molecule has 226 valence electrons. The molecule has 0 saturated carbocycles. The molecule has 2 aliphatic heterocycles. The monoisotopic (exact) mass is 604 g/mol. The molecule has 3 N–H and O–H groups in total. The van der Waals surface area contributed by atoms with Gasteiger partial charge in [-0.2, -0.15) is 0 Å². The lowest BCUT2D eigenvalue weighted by Gasteiger charge is -2.55. The molecule has 7 atom stereocenters. The highest BCUT2D eigenvalue weighted by atomic mass is 32.3. The zero-order valence-corrected chi connectivity index (χ0v) is 23.1. The van der Waals surface area contributed by atoms with Gasteiger partial charge in [0.05, 0.1) is 43.7 Å². The Bertz CT molecular complexity index is 1180. The van der Waals surface area contributed by atoms with Crippen LogP contribution in [0, 0.1) is 5.41 Å². The number of carbonyl (C=O) groups is 2. The van der Waals surface area contributed by atoms with Gasteiger partial charge in [-0.1, -0.05) is 6.92 Å². The van der Waals surface area contributed by atoms with Gasteiger partial charge < -0.3 is 48.7 Å². The van der Waals surface area contributed by atoms with E-state index >= 15 is 0 Å². The van der Waals surface area contributed by atoms with Gasteiger partial charge in [0.2, 0.25) is 26.7 Å². The van der Waals surface area contributed by atoms with Crippen LogP contribution >= 0.6 is 0 Å². The third kappa shape index (κ3) is 8.28. The summed E-state index contributed by atoms with van der Waals surface area (Å²) in [6.45, 7) is 4.29. The Balaban J connectivity index is 2.39. The number of carbonyl (C=O) groups excluding carboxylic acids is 2. The predicted octanol–water partition coefficient (Wildman–Crippen LogP) is -3.84. The quantitative estimate of drug-likeness (QED) is 0.150. The van der Waals surface area contributed by atoms with Crippen LogP contribution < -0.4 is 10.4 Å². The number of rotatable bonds is 11. The first kappa shape index (κ1) is 33.3. The summed E-state index contributed by atoms with van der Waals surface area (Å²) in [5.74, 6) is -3.35. The number of aliphatic carboxylic acids is 1. The van der Waals surface area contributed by atoms with E-state index in [9.17, 15) is 50.8 Å². The molecule has 0 aromatic rings. The molecule has 1 amide bonds. The number of carboxylic acid groups (broad SMARTS) is 1. The molecule has 0 bridgehead atoms. The molecule has 3 unspecified atom stereocenters. The van der Waals surface area contributed by atoms with Crippen LogP contribution in [0.15, 0.2) is 11.8 Å². The molecule has 2 rings (SSSR count). The van der Waals surface area contributed by atoms with Gasteiger partial charge in [-0.25, -0.2) is 16.8 Å². The van der Waals surface area contributed by atoms with Gasteiger partial charge >= 0.3 is 0 Å². The number of carboxylic acids is 1. The molecule has 2 heterocycles. The Morgan fingerprint density at radius 3 is 2.15 bits per heavy atom. The predicted molar refractivity (Wildman–Crippen MR) is 120 cm³/mol. The number of ether oxygens (including phenoxy) is 3. The van der Waals surface area contributed by atoms with E-state index in [0.717, 1.165) is 6.92 Å². The van der Waals surface area contributed by atoms with Crippen molar-refractivity contribution >= 4 is 32.7 Å². The maximum Gasteiger partial charge on any atom is 0.218 e. The second-order valence-electron chi connectivity index (χ2n) is 10.2. The Morgan fingerprint density at radius 2 is 1.67 bits per heavy atom. The van der Waals surface area contributed by atoms with Crippen molar-refractivity contribution in [2.75, 3.05) is 19.8 Å². The molecular formula is C20H30NO16S2-3. The van der Waals surface area contributed by atoms with Crippen molar-refractivity contribution in [2.45, 2.75) is 76.3 Å². The number of aliphatic hydroxyl groups is 2. The van der Waals surface area contributed by atoms with Crippen LogP contribution in [-0.4, -0.2) is 110 Å². The second-order valence-corrected chi connectivity index (χ2v) is 12.2. The van der Waals surface area contributed by atoms with Crippen molar-refractivity contribution in [3.8, 4) is 0 Å². The number of aliphatic hydroxyl groups excluding tert-OH is 2. The minimum absolute atomic E-state index is 0.548. The largest absolute Gasteiger partial charge is 0.726 e. The molecule has 19 heteroatoms. The molecule has 0 aromatic carbocycles. The fourth-order valence-corrected chi connectivity index (χ4v) is 5.33. The summed E-state index contributed by atoms with van der Waals surface area (Å²) in [6, 6.07) is -1.10. The minimum atomic E-state index is -5.43. The first-order valence-corrected chi connectivity index (χ1v) is 13.9. The van der Waals surface area contributed by atoms with Crippen LogP contribution in [0.3, 0.4) is 0 Å². The summed E-state index contributed by atoms with van der Waals surface area (Å²) >= 11 is 0. The number of hydrogen-bond acceptors (Lipinski definition) is 16. The van der Waals surface area contributed by atoms with Gasteiger partial charge in [-0.15, -0.1) is 0 Å². The highest BCUT2D eigenvalue weighted by Gasteiger charge is 2.57. The molecule has 1 saturated heterocycles. The summed E-state index contributed by atoms with van der Waals surface area (Å²) in [5.41, 5.74) is -5.10. The lowest BCUT2D eigenvalue weighted by atomic mass is 9.70. The zero-order valence-electron chi connectivity index (χ0n) is 21.5. The van der Waals surface area contributed by atoms with Crippen LogP contribution in [-0.2, 0) is 53.0 Å². The molecular weight excluding hydrogens is 574 g/mol. The molecule has 2 aliphatic rings. The molecule has 1 fully saturated rings. The Morgan fingerprint density at radius 1 is 1.08 bits per heavy atom. The van der Waals surface area contributed by atoms with Crippen molar-refractivity contribution in [2.24, 2.45) is 5.41 Å². The Kier molecular flexibility index (Phi) is 9.82. The molecule has 0 aromatic heterocycles. The molecule has 0 radical (unpaired) electrons. The number of hydrogen-bond donors (Lipinski definition) is 3. The highest BCUT2D eigenvalue weighted by molar-refractivity contribution is 7.81. The van der Waals surface area contributed by atoms with Crippen LogP contribution in [0.5, 0.6) is 0 Å². The normalized spacial score (nSPS) is 35.0. The molecule has 17 nitrogen and oxygen atoms in total. The first-order valence-electron chi connectivity index (χ1n) is 11.3. The summed E-state index contributed by atoms with van der Waals surface area (Å²) < 4.78 is 92.4. The van der Waals surface area contributed by atoms with Crippen molar-refractivity contribution in [1.29, 1.82) is 0 Å². The van der Waals surface area contributed by atoms with Crippen LogP contribution in [0.1, 0.15) is 34.6 Å². The van der Waals surface area contributed by atoms with Crippen LogP contribution in [0.25, 0.3) is 0 Å². The van der Waals surface area contributed by atoms with Gasteiger partial charge in [0.25, 0.3) is 0 Å². The lowest BCUT2D eigenvalue weighted by molar-refractivity contribution is -0.307. The van der Waals surface area contributed by atoms with Crippen LogP contribution in [0.2, 0.25) is 0 Å².